The summed E-state index contributed by atoms with van der Waals surface area (Å²) in [5.41, 5.74) is 6.62. The number of hydrogen-bond donors (Lipinski definition) is 1. The number of para-hydroxylation sites is 1. The van der Waals surface area contributed by atoms with Crippen LogP contribution in [0.15, 0.2) is 24.3 Å². The van der Waals surface area contributed by atoms with E-state index in [0.717, 1.165) is 11.3 Å². The van der Waals surface area contributed by atoms with Crippen LogP contribution in [0, 0.1) is 12.8 Å². The van der Waals surface area contributed by atoms with E-state index < -0.39 is 0 Å². The van der Waals surface area contributed by atoms with Gasteiger partial charge < -0.3 is 10.5 Å². The van der Waals surface area contributed by atoms with E-state index in [1.54, 1.807) is 0 Å². The molecule has 0 aliphatic rings. The fourth-order valence-electron chi connectivity index (χ4n) is 1.02. The molecule has 0 aromatic heterocycles. The third-order valence-corrected chi connectivity index (χ3v) is 2.47. The van der Waals surface area contributed by atoms with Crippen LogP contribution in [0.4, 0.5) is 0 Å². The van der Waals surface area contributed by atoms with E-state index in [9.17, 15) is 0 Å². The van der Waals surface area contributed by atoms with Gasteiger partial charge in [-0.3, -0.25) is 0 Å². The molecule has 0 radical (unpaired) electrons. The average Bonchev–Trinajstić information content (AvgIpc) is 2.16. The zero-order valence-electron chi connectivity index (χ0n) is 8.49. The largest absolute Gasteiger partial charge is 0.493 e. The highest BCUT2D eigenvalue weighted by Gasteiger charge is 2.06. The Kier molecular flexibility index (Phi) is 3.89. The lowest BCUT2D eigenvalue weighted by atomic mass is 10.2. The van der Waals surface area contributed by atoms with Crippen molar-refractivity contribution in [2.75, 3.05) is 6.61 Å². The molecular formula is C11H15NOS. The molecule has 0 aliphatic carbocycles. The lowest BCUT2D eigenvalue weighted by Crippen LogP contribution is -2.24. The summed E-state index contributed by atoms with van der Waals surface area (Å²) >= 11 is 4.86. The quantitative estimate of drug-likeness (QED) is 0.773. The Bertz CT molecular complexity index is 325. The Morgan fingerprint density at radius 3 is 2.71 bits per heavy atom. The summed E-state index contributed by atoms with van der Waals surface area (Å²) in [4.78, 5) is 0.499. The topological polar surface area (TPSA) is 35.2 Å². The monoisotopic (exact) mass is 209 g/mol. The average molecular weight is 209 g/mol. The second-order valence-corrected chi connectivity index (χ2v) is 3.85. The molecule has 0 heterocycles. The van der Waals surface area contributed by atoms with Crippen molar-refractivity contribution in [3.63, 3.8) is 0 Å². The van der Waals surface area contributed by atoms with Crippen LogP contribution < -0.4 is 10.5 Å². The van der Waals surface area contributed by atoms with E-state index in [2.05, 4.69) is 0 Å². The standard InChI is InChI=1S/C11H15NOS/c1-8-5-3-4-6-10(8)13-7-9(2)11(12)14/h3-6,9H,7H2,1-2H3,(H2,12,14). The van der Waals surface area contributed by atoms with E-state index in [1.165, 1.54) is 0 Å². The van der Waals surface area contributed by atoms with Crippen molar-refractivity contribution in [1.29, 1.82) is 0 Å². The summed E-state index contributed by atoms with van der Waals surface area (Å²) in [7, 11) is 0. The fraction of sp³-hybridized carbons (Fsp3) is 0.364. The van der Waals surface area contributed by atoms with Crippen molar-refractivity contribution in [3.05, 3.63) is 29.8 Å². The molecule has 0 bridgehead atoms. The van der Waals surface area contributed by atoms with Crippen LogP contribution in [0.2, 0.25) is 0 Å². The van der Waals surface area contributed by atoms with Gasteiger partial charge in [0, 0.05) is 5.92 Å². The molecule has 1 aromatic carbocycles. The first-order valence-corrected chi connectivity index (χ1v) is 5.00. The number of benzene rings is 1. The first-order valence-electron chi connectivity index (χ1n) is 4.59. The van der Waals surface area contributed by atoms with Crippen LogP contribution in [0.1, 0.15) is 12.5 Å². The maximum atomic E-state index is 5.59. The third kappa shape index (κ3) is 3.00. The van der Waals surface area contributed by atoms with Crippen molar-refractivity contribution in [2.45, 2.75) is 13.8 Å². The van der Waals surface area contributed by atoms with Crippen molar-refractivity contribution in [1.82, 2.24) is 0 Å². The molecule has 0 spiro atoms. The lowest BCUT2D eigenvalue weighted by Gasteiger charge is -2.12. The normalized spacial score (nSPS) is 12.1. The predicted molar refractivity (Wildman–Crippen MR) is 62.6 cm³/mol. The Morgan fingerprint density at radius 1 is 1.50 bits per heavy atom. The molecule has 14 heavy (non-hydrogen) atoms. The Labute approximate surface area is 90.1 Å². The first kappa shape index (κ1) is 11.0. The molecule has 1 aromatic rings. The molecule has 0 fully saturated rings. The molecule has 0 saturated carbocycles. The zero-order chi connectivity index (χ0) is 10.6. The molecule has 3 heteroatoms. The Morgan fingerprint density at radius 2 is 2.14 bits per heavy atom. The van der Waals surface area contributed by atoms with Crippen LogP contribution in [0.25, 0.3) is 0 Å². The minimum absolute atomic E-state index is 0.115. The summed E-state index contributed by atoms with van der Waals surface area (Å²) in [5.74, 6) is 1.01. The highest BCUT2D eigenvalue weighted by atomic mass is 32.1. The van der Waals surface area contributed by atoms with Crippen molar-refractivity contribution in [3.8, 4) is 5.75 Å². The van der Waals surface area contributed by atoms with Crippen molar-refractivity contribution in [2.24, 2.45) is 11.7 Å². The molecule has 0 aliphatic heterocycles. The van der Waals surface area contributed by atoms with Gasteiger partial charge in [0.15, 0.2) is 0 Å². The van der Waals surface area contributed by atoms with Gasteiger partial charge in [-0.15, -0.1) is 0 Å². The van der Waals surface area contributed by atoms with E-state index in [0.29, 0.717) is 11.6 Å². The summed E-state index contributed by atoms with van der Waals surface area (Å²) in [6.45, 7) is 4.52. The second kappa shape index (κ2) is 4.96. The summed E-state index contributed by atoms with van der Waals surface area (Å²) < 4.78 is 5.59. The van der Waals surface area contributed by atoms with Crippen LogP contribution in [0.5, 0.6) is 5.75 Å². The maximum Gasteiger partial charge on any atom is 0.122 e. The molecule has 2 N–H and O–H groups in total. The van der Waals surface area contributed by atoms with Crippen LogP contribution in [-0.4, -0.2) is 11.6 Å². The molecule has 76 valence electrons. The third-order valence-electron chi connectivity index (χ3n) is 2.07. The Hall–Kier alpha value is -1.09. The van der Waals surface area contributed by atoms with Crippen LogP contribution in [-0.2, 0) is 0 Å². The van der Waals surface area contributed by atoms with Gasteiger partial charge >= 0.3 is 0 Å². The summed E-state index contributed by atoms with van der Waals surface area (Å²) in [5, 5.41) is 0. The minimum atomic E-state index is 0.115. The van der Waals surface area contributed by atoms with Crippen LogP contribution in [0.3, 0.4) is 0 Å². The van der Waals surface area contributed by atoms with Gasteiger partial charge in [0.1, 0.15) is 5.75 Å². The van der Waals surface area contributed by atoms with Gasteiger partial charge in [-0.05, 0) is 18.6 Å². The smallest absolute Gasteiger partial charge is 0.122 e. The number of nitrogens with two attached hydrogens (primary N) is 1. The number of ether oxygens (including phenoxy) is 1. The summed E-state index contributed by atoms with van der Waals surface area (Å²) in [6.07, 6.45) is 0. The number of aryl methyl sites for hydroxylation is 1. The van der Waals surface area contributed by atoms with Gasteiger partial charge in [0.05, 0.1) is 11.6 Å². The van der Waals surface area contributed by atoms with Gasteiger partial charge in [-0.2, -0.15) is 0 Å². The van der Waals surface area contributed by atoms with Crippen LogP contribution >= 0.6 is 12.2 Å². The molecule has 1 rings (SSSR count). The van der Waals surface area contributed by atoms with Gasteiger partial charge in [-0.25, -0.2) is 0 Å². The van der Waals surface area contributed by atoms with Gasteiger partial charge in [0.2, 0.25) is 0 Å². The van der Waals surface area contributed by atoms with E-state index in [1.807, 2.05) is 38.1 Å². The maximum absolute atomic E-state index is 5.59. The highest BCUT2D eigenvalue weighted by molar-refractivity contribution is 7.80. The fourth-order valence-corrected chi connectivity index (χ4v) is 1.08. The molecule has 1 unspecified atom stereocenters. The number of hydrogen-bond acceptors (Lipinski definition) is 2. The van der Waals surface area contributed by atoms with Crippen molar-refractivity contribution >= 4 is 17.2 Å². The van der Waals surface area contributed by atoms with E-state index in [4.69, 9.17) is 22.7 Å². The minimum Gasteiger partial charge on any atom is -0.493 e. The summed E-state index contributed by atoms with van der Waals surface area (Å²) in [6, 6.07) is 7.90. The molecule has 0 amide bonds. The van der Waals surface area contributed by atoms with Gasteiger partial charge in [-0.1, -0.05) is 37.3 Å². The highest BCUT2D eigenvalue weighted by Crippen LogP contribution is 2.16. The predicted octanol–water partition coefficient (Wildman–Crippen LogP) is 2.30. The van der Waals surface area contributed by atoms with Crippen molar-refractivity contribution < 1.29 is 4.74 Å². The number of rotatable bonds is 4. The zero-order valence-corrected chi connectivity index (χ0v) is 9.30. The molecular weight excluding hydrogens is 194 g/mol. The number of thiocarbonyl (C=S) groups is 1. The van der Waals surface area contributed by atoms with E-state index in [-0.39, 0.29) is 5.92 Å². The van der Waals surface area contributed by atoms with Gasteiger partial charge in [0.25, 0.3) is 0 Å². The molecule has 0 saturated heterocycles. The Balaban J connectivity index is 2.54. The lowest BCUT2D eigenvalue weighted by molar-refractivity contribution is 0.291. The van der Waals surface area contributed by atoms with E-state index >= 15 is 0 Å². The second-order valence-electron chi connectivity index (χ2n) is 3.38. The first-order chi connectivity index (χ1) is 6.61. The SMILES string of the molecule is Cc1ccccc1OCC(C)C(N)=S. The molecule has 2 nitrogen and oxygen atoms in total. The molecule has 1 atom stereocenters.